The zero-order valence-corrected chi connectivity index (χ0v) is 13.3. The van der Waals surface area contributed by atoms with Crippen LogP contribution in [0, 0.1) is 35.5 Å². The Morgan fingerprint density at radius 1 is 0.727 bits per heavy atom. The summed E-state index contributed by atoms with van der Waals surface area (Å²) in [6, 6.07) is 7.41. The van der Waals surface area contributed by atoms with E-state index in [4.69, 9.17) is 0 Å². The highest BCUT2D eigenvalue weighted by Gasteiger charge is 2.62. The Kier molecular flexibility index (Phi) is 2.44. The number of anilines is 1. The minimum absolute atomic E-state index is 0.0181. The van der Waals surface area contributed by atoms with Crippen LogP contribution in [0.25, 0.3) is 0 Å². The molecule has 1 saturated heterocycles. The van der Waals surface area contributed by atoms with Gasteiger partial charge in [0.2, 0.25) is 11.8 Å². The van der Waals surface area contributed by atoms with E-state index in [1.807, 2.05) is 24.3 Å². The van der Waals surface area contributed by atoms with Crippen molar-refractivity contribution in [1.82, 2.24) is 0 Å². The second-order valence-electron chi connectivity index (χ2n) is 6.62. The van der Waals surface area contributed by atoms with Crippen LogP contribution in [-0.4, -0.2) is 11.8 Å². The Morgan fingerprint density at radius 2 is 1.18 bits per heavy atom. The fraction of sp³-hybridized carbons (Fsp3) is 0.333. The quantitative estimate of drug-likeness (QED) is 0.573. The fourth-order valence-electron chi connectivity index (χ4n) is 4.74. The van der Waals surface area contributed by atoms with Crippen LogP contribution in [0.3, 0.4) is 0 Å². The van der Waals surface area contributed by atoms with Gasteiger partial charge in [-0.3, -0.25) is 14.5 Å². The van der Waals surface area contributed by atoms with Gasteiger partial charge in [0.05, 0.1) is 17.5 Å². The van der Waals surface area contributed by atoms with Gasteiger partial charge >= 0.3 is 0 Å². The van der Waals surface area contributed by atoms with E-state index in [-0.39, 0.29) is 35.5 Å². The third kappa shape index (κ3) is 1.42. The molecule has 2 fully saturated rings. The molecule has 3 nitrogen and oxygen atoms in total. The number of rotatable bonds is 1. The van der Waals surface area contributed by atoms with Crippen LogP contribution in [0.2, 0.25) is 0 Å². The van der Waals surface area contributed by atoms with Gasteiger partial charge in [-0.25, -0.2) is 0 Å². The second kappa shape index (κ2) is 4.19. The molecule has 4 aliphatic carbocycles. The van der Waals surface area contributed by atoms with Crippen molar-refractivity contribution in [2.24, 2.45) is 35.5 Å². The summed E-state index contributed by atoms with van der Waals surface area (Å²) >= 11 is 3.39. The van der Waals surface area contributed by atoms with Crippen LogP contribution in [0.15, 0.2) is 53.0 Å². The lowest BCUT2D eigenvalue weighted by molar-refractivity contribution is -0.127. The van der Waals surface area contributed by atoms with Crippen LogP contribution in [0.4, 0.5) is 5.69 Å². The number of carbonyl (C=O) groups excluding carboxylic acids is 2. The minimum Gasteiger partial charge on any atom is -0.274 e. The molecular weight excluding hydrogens is 342 g/mol. The summed E-state index contributed by atoms with van der Waals surface area (Å²) in [4.78, 5) is 27.3. The standard InChI is InChI=1S/C18H14BrNO2/c19-9-1-3-10(4-2-9)20-17(21)15-13-7-8-14(16(15)18(20)22)12-6-5-11(12)13/h1-8,11-16H/t11?,12?,13-,14+,15-,16+. The molecule has 5 aliphatic rings. The zero-order chi connectivity index (χ0) is 15.0. The summed E-state index contributed by atoms with van der Waals surface area (Å²) in [5.41, 5.74) is 0.687. The van der Waals surface area contributed by atoms with Crippen molar-refractivity contribution in [3.8, 4) is 0 Å². The minimum atomic E-state index is -0.169. The summed E-state index contributed by atoms with van der Waals surface area (Å²) in [6.07, 6.45) is 8.77. The van der Waals surface area contributed by atoms with E-state index in [2.05, 4.69) is 40.2 Å². The van der Waals surface area contributed by atoms with Gasteiger partial charge in [-0.15, -0.1) is 0 Å². The molecule has 1 saturated carbocycles. The molecule has 22 heavy (non-hydrogen) atoms. The molecule has 2 bridgehead atoms. The van der Waals surface area contributed by atoms with Crippen molar-refractivity contribution in [3.63, 3.8) is 0 Å². The number of amides is 2. The predicted molar refractivity (Wildman–Crippen MR) is 85.9 cm³/mol. The maximum atomic E-state index is 12.9. The van der Waals surface area contributed by atoms with Gasteiger partial charge < -0.3 is 0 Å². The van der Waals surface area contributed by atoms with Gasteiger partial charge in [0.15, 0.2) is 0 Å². The van der Waals surface area contributed by atoms with E-state index in [1.54, 1.807) is 0 Å². The van der Waals surface area contributed by atoms with Crippen molar-refractivity contribution in [1.29, 1.82) is 0 Å². The molecule has 2 unspecified atom stereocenters. The molecule has 110 valence electrons. The Balaban J connectivity index is 1.58. The molecule has 0 spiro atoms. The molecule has 1 heterocycles. The summed E-state index contributed by atoms with van der Waals surface area (Å²) < 4.78 is 0.941. The smallest absolute Gasteiger partial charge is 0.238 e. The summed E-state index contributed by atoms with van der Waals surface area (Å²) in [7, 11) is 0. The van der Waals surface area contributed by atoms with Crippen molar-refractivity contribution < 1.29 is 9.59 Å². The van der Waals surface area contributed by atoms with Gasteiger partial charge in [-0.1, -0.05) is 40.2 Å². The Hall–Kier alpha value is -1.68. The maximum absolute atomic E-state index is 12.9. The maximum Gasteiger partial charge on any atom is 0.238 e. The number of nitrogens with zero attached hydrogens (tertiary/aromatic N) is 1. The number of benzene rings is 1. The molecule has 6 rings (SSSR count). The first-order valence-corrected chi connectivity index (χ1v) is 8.46. The lowest BCUT2D eigenvalue weighted by Gasteiger charge is -2.51. The number of carbonyl (C=O) groups is 2. The average molecular weight is 356 g/mol. The topological polar surface area (TPSA) is 37.4 Å². The first-order valence-electron chi connectivity index (χ1n) is 7.67. The van der Waals surface area contributed by atoms with Gasteiger partial charge in [0, 0.05) is 4.47 Å². The molecular formula is C18H14BrNO2. The Morgan fingerprint density at radius 3 is 1.64 bits per heavy atom. The number of allylic oxidation sites excluding steroid dienone is 4. The second-order valence-corrected chi connectivity index (χ2v) is 7.53. The molecule has 2 amide bonds. The summed E-state index contributed by atoms with van der Waals surface area (Å²) in [5.74, 6) is 0.931. The van der Waals surface area contributed by atoms with E-state index < -0.39 is 0 Å². The summed E-state index contributed by atoms with van der Waals surface area (Å²) in [6.45, 7) is 0. The number of halogens is 1. The molecule has 1 aromatic carbocycles. The SMILES string of the molecule is O=C1[C@@H]2[C@H](C(=O)N1c1ccc(Br)cc1)[C@@H]1C=C[C@H]2C2C=CC21. The third-order valence-corrected chi connectivity index (χ3v) is 6.29. The zero-order valence-electron chi connectivity index (χ0n) is 11.7. The van der Waals surface area contributed by atoms with Gasteiger partial charge in [-0.05, 0) is 47.9 Å². The molecule has 4 heteroatoms. The first kappa shape index (κ1) is 12.8. The van der Waals surface area contributed by atoms with Gasteiger partial charge in [0.1, 0.15) is 0 Å². The van der Waals surface area contributed by atoms with Crippen molar-refractivity contribution >= 4 is 33.4 Å². The van der Waals surface area contributed by atoms with Crippen molar-refractivity contribution in [3.05, 3.63) is 53.0 Å². The highest BCUT2D eigenvalue weighted by molar-refractivity contribution is 9.10. The average Bonchev–Trinajstić information content (AvgIpc) is 2.74. The van der Waals surface area contributed by atoms with Gasteiger partial charge in [0.25, 0.3) is 0 Å². The predicted octanol–water partition coefficient (Wildman–Crippen LogP) is 3.17. The fourth-order valence-corrected chi connectivity index (χ4v) is 5.00. The molecule has 1 aliphatic heterocycles. The number of imide groups is 1. The van der Waals surface area contributed by atoms with E-state index in [1.165, 1.54) is 4.90 Å². The Labute approximate surface area is 136 Å². The van der Waals surface area contributed by atoms with E-state index in [9.17, 15) is 9.59 Å². The largest absolute Gasteiger partial charge is 0.274 e. The van der Waals surface area contributed by atoms with E-state index in [0.717, 1.165) is 4.47 Å². The molecule has 0 radical (unpaired) electrons. The number of hydrogen-bond donors (Lipinski definition) is 0. The monoisotopic (exact) mass is 355 g/mol. The highest BCUT2D eigenvalue weighted by atomic mass is 79.9. The number of hydrogen-bond acceptors (Lipinski definition) is 2. The van der Waals surface area contributed by atoms with E-state index in [0.29, 0.717) is 17.5 Å². The highest BCUT2D eigenvalue weighted by Crippen LogP contribution is 2.58. The normalized spacial score (nSPS) is 40.7. The van der Waals surface area contributed by atoms with Gasteiger partial charge in [-0.2, -0.15) is 0 Å². The van der Waals surface area contributed by atoms with Crippen LogP contribution in [0.1, 0.15) is 0 Å². The van der Waals surface area contributed by atoms with Crippen molar-refractivity contribution in [2.45, 2.75) is 0 Å². The van der Waals surface area contributed by atoms with Crippen molar-refractivity contribution in [2.75, 3.05) is 4.90 Å². The summed E-state index contributed by atoms with van der Waals surface area (Å²) in [5, 5.41) is 0. The lowest BCUT2D eigenvalue weighted by Crippen LogP contribution is -2.50. The van der Waals surface area contributed by atoms with Crippen LogP contribution in [0.5, 0.6) is 0 Å². The molecule has 6 atom stereocenters. The van der Waals surface area contributed by atoms with E-state index >= 15 is 0 Å². The van der Waals surface area contributed by atoms with Crippen LogP contribution in [-0.2, 0) is 9.59 Å². The van der Waals surface area contributed by atoms with Crippen LogP contribution >= 0.6 is 15.9 Å². The molecule has 0 aromatic heterocycles. The first-order chi connectivity index (χ1) is 10.7. The lowest BCUT2D eigenvalue weighted by atomic mass is 9.50. The Bertz CT molecular complexity index is 711. The third-order valence-electron chi connectivity index (χ3n) is 5.76. The molecule has 1 aromatic rings. The molecule has 0 N–H and O–H groups in total. The van der Waals surface area contributed by atoms with Crippen LogP contribution < -0.4 is 4.90 Å².